The number of fused-ring (bicyclic) bond motifs is 1. The Hall–Kier alpha value is -3.94. The minimum absolute atomic E-state index is 0.133. The zero-order chi connectivity index (χ0) is 23.7. The molecule has 34 heavy (non-hydrogen) atoms. The Morgan fingerprint density at radius 2 is 1.88 bits per heavy atom. The summed E-state index contributed by atoms with van der Waals surface area (Å²) in [6.07, 6.45) is 3.77. The summed E-state index contributed by atoms with van der Waals surface area (Å²) in [5.74, 6) is 0.0288. The number of benzene rings is 2. The molecule has 1 amide bonds. The maximum atomic E-state index is 12.5. The van der Waals surface area contributed by atoms with Crippen molar-refractivity contribution >= 4 is 28.2 Å². The van der Waals surface area contributed by atoms with Crippen molar-refractivity contribution in [3.8, 4) is 0 Å². The maximum absolute atomic E-state index is 12.5. The highest BCUT2D eigenvalue weighted by Crippen LogP contribution is 2.43. The van der Waals surface area contributed by atoms with Gasteiger partial charge in [0.2, 0.25) is 12.1 Å². The van der Waals surface area contributed by atoms with Gasteiger partial charge >= 0.3 is 5.63 Å². The molecule has 2 aromatic carbocycles. The first-order valence-electron chi connectivity index (χ1n) is 11.3. The molecular weight excluding hydrogens is 436 g/mol. The van der Waals surface area contributed by atoms with E-state index in [-0.39, 0.29) is 24.5 Å². The maximum Gasteiger partial charge on any atom is 0.366 e. The van der Waals surface area contributed by atoms with Gasteiger partial charge in [-0.25, -0.2) is 4.79 Å². The van der Waals surface area contributed by atoms with Gasteiger partial charge < -0.3 is 19.3 Å². The predicted molar refractivity (Wildman–Crippen MR) is 124 cm³/mol. The molecule has 2 heterocycles. The second-order valence-corrected chi connectivity index (χ2v) is 8.83. The number of ether oxygens (including phenoxy) is 2. The molecule has 1 atom stereocenters. The van der Waals surface area contributed by atoms with Crippen LogP contribution in [-0.2, 0) is 25.5 Å². The first-order chi connectivity index (χ1) is 16.5. The van der Waals surface area contributed by atoms with E-state index >= 15 is 0 Å². The highest BCUT2D eigenvalue weighted by Gasteiger charge is 2.38. The van der Waals surface area contributed by atoms with Gasteiger partial charge in [0.15, 0.2) is 0 Å². The molecule has 1 aromatic heterocycles. The lowest BCUT2D eigenvalue weighted by molar-refractivity contribution is -0.136. The van der Waals surface area contributed by atoms with Crippen molar-refractivity contribution in [3.05, 3.63) is 82.2 Å². The number of nitrogens with zero attached hydrogens (tertiary/aromatic N) is 1. The summed E-state index contributed by atoms with van der Waals surface area (Å²) in [5, 5.41) is 7.26. The Balaban J connectivity index is 1.10. The summed E-state index contributed by atoms with van der Waals surface area (Å²) < 4.78 is 16.3. The van der Waals surface area contributed by atoms with E-state index < -0.39 is 17.3 Å². The molecule has 3 aromatic rings. The zero-order valence-electron chi connectivity index (χ0n) is 18.7. The predicted octanol–water partition coefficient (Wildman–Crippen LogP) is 3.88. The Morgan fingerprint density at radius 1 is 1.09 bits per heavy atom. The quantitative estimate of drug-likeness (QED) is 0.533. The molecule has 0 spiro atoms. The average Bonchev–Trinajstić information content (AvgIpc) is 3.26. The van der Waals surface area contributed by atoms with Crippen LogP contribution in [0.1, 0.15) is 30.5 Å². The molecule has 1 aliphatic heterocycles. The van der Waals surface area contributed by atoms with E-state index in [1.807, 2.05) is 30.3 Å². The second kappa shape index (κ2) is 9.13. The lowest BCUT2D eigenvalue weighted by Gasteiger charge is -2.34. The van der Waals surface area contributed by atoms with Crippen LogP contribution in [0.3, 0.4) is 0 Å². The molecule has 1 aliphatic carbocycles. The number of Topliss-reactive ketones (excluding diaryl/α,β-unsaturated/α-hetero) is 1. The number of ketones is 1. The fourth-order valence-corrected chi connectivity index (χ4v) is 4.44. The van der Waals surface area contributed by atoms with Crippen molar-refractivity contribution < 1.29 is 23.6 Å². The number of allylic oxidation sites excluding steroid dienone is 1. The van der Waals surface area contributed by atoms with Crippen molar-refractivity contribution in [1.82, 2.24) is 5.16 Å². The molecule has 0 radical (unpaired) electrons. The molecular formula is C26H24N2O6. The van der Waals surface area contributed by atoms with E-state index in [0.717, 1.165) is 24.2 Å². The molecule has 5 rings (SSSR count). The smallest absolute Gasteiger partial charge is 0.366 e. The molecule has 1 N–H and O–H groups in total. The van der Waals surface area contributed by atoms with Gasteiger partial charge in [0.25, 0.3) is 5.91 Å². The van der Waals surface area contributed by atoms with Gasteiger partial charge in [-0.3, -0.25) is 9.59 Å². The summed E-state index contributed by atoms with van der Waals surface area (Å²) in [4.78, 5) is 36.6. The first-order valence-corrected chi connectivity index (χ1v) is 11.3. The van der Waals surface area contributed by atoms with Crippen molar-refractivity contribution in [2.75, 3.05) is 5.32 Å². The molecule has 1 fully saturated rings. The van der Waals surface area contributed by atoms with Crippen LogP contribution in [0.5, 0.6) is 0 Å². The number of aromatic nitrogens is 1. The third-order valence-electron chi connectivity index (χ3n) is 6.37. The number of hydrogen-bond donors (Lipinski definition) is 1. The van der Waals surface area contributed by atoms with Crippen molar-refractivity contribution in [3.63, 3.8) is 0 Å². The van der Waals surface area contributed by atoms with Gasteiger partial charge in [0, 0.05) is 29.8 Å². The first kappa shape index (κ1) is 21.9. The number of carbonyl (C=O) groups is 2. The molecule has 8 nitrogen and oxygen atoms in total. The number of amides is 1. The number of hydrogen-bond acceptors (Lipinski definition) is 7. The Labute approximate surface area is 195 Å². The largest absolute Gasteiger partial charge is 0.459 e. The standard InChI is InChI=1S/C26H24N2O6/c1-15-21-13-19(7-8-20(21)26(31)34-28-15)27-25(30)22(29)11-17-9-18(10-17)23-14-32-24(33-23)12-16-5-3-2-4-6-16/h2-8,13-14,17-18,24H,9-12H2,1H3,(H,27,30). The molecule has 0 saturated heterocycles. The van der Waals surface area contributed by atoms with Crippen molar-refractivity contribution in [2.45, 2.75) is 38.9 Å². The van der Waals surface area contributed by atoms with E-state index in [0.29, 0.717) is 28.6 Å². The van der Waals surface area contributed by atoms with Crippen molar-refractivity contribution in [1.29, 1.82) is 0 Å². The SMILES string of the molecule is Cc1noc(=O)c2ccc(NC(=O)C(=O)CC3CC(C4=COC(Cc5ccccc5)O4)C3)cc12. The van der Waals surface area contributed by atoms with E-state index in [1.54, 1.807) is 31.4 Å². The minimum atomic E-state index is -0.668. The van der Waals surface area contributed by atoms with E-state index in [2.05, 4.69) is 10.5 Å². The van der Waals surface area contributed by atoms with Crippen molar-refractivity contribution in [2.24, 2.45) is 11.8 Å². The van der Waals surface area contributed by atoms with Crippen LogP contribution in [0.4, 0.5) is 5.69 Å². The second-order valence-electron chi connectivity index (χ2n) is 8.83. The average molecular weight is 460 g/mol. The Kier molecular flexibility index (Phi) is 5.88. The van der Waals surface area contributed by atoms with Crippen LogP contribution < -0.4 is 10.9 Å². The van der Waals surface area contributed by atoms with Gasteiger partial charge in [0.1, 0.15) is 12.0 Å². The van der Waals surface area contributed by atoms with Crippen LogP contribution >= 0.6 is 0 Å². The van der Waals surface area contributed by atoms with Gasteiger partial charge in [0.05, 0.1) is 11.1 Å². The molecule has 2 aliphatic rings. The van der Waals surface area contributed by atoms with Crippen LogP contribution in [-0.4, -0.2) is 23.1 Å². The Morgan fingerprint density at radius 3 is 2.68 bits per heavy atom. The number of anilines is 1. The number of aryl methyl sites for hydroxylation is 1. The zero-order valence-corrected chi connectivity index (χ0v) is 18.7. The summed E-state index contributed by atoms with van der Waals surface area (Å²) in [6, 6.07) is 14.8. The summed E-state index contributed by atoms with van der Waals surface area (Å²) in [6.45, 7) is 1.70. The summed E-state index contributed by atoms with van der Waals surface area (Å²) in [7, 11) is 0. The lowest BCUT2D eigenvalue weighted by atomic mass is 9.71. The van der Waals surface area contributed by atoms with Gasteiger partial charge in [-0.05, 0) is 49.4 Å². The fraction of sp³-hybridized carbons (Fsp3) is 0.308. The summed E-state index contributed by atoms with van der Waals surface area (Å²) >= 11 is 0. The number of rotatable bonds is 7. The van der Waals surface area contributed by atoms with Gasteiger partial charge in [-0.15, -0.1) is 0 Å². The third kappa shape index (κ3) is 4.57. The van der Waals surface area contributed by atoms with Crippen LogP contribution in [0.2, 0.25) is 0 Å². The number of nitrogens with one attached hydrogen (secondary N) is 1. The summed E-state index contributed by atoms with van der Waals surface area (Å²) in [5.41, 5.74) is 1.55. The van der Waals surface area contributed by atoms with Crippen LogP contribution in [0, 0.1) is 18.8 Å². The molecule has 8 heteroatoms. The third-order valence-corrected chi connectivity index (χ3v) is 6.37. The van der Waals surface area contributed by atoms with E-state index in [1.165, 1.54) is 0 Å². The lowest BCUT2D eigenvalue weighted by Crippen LogP contribution is -2.32. The molecule has 174 valence electrons. The normalized spacial score (nSPS) is 21.2. The highest BCUT2D eigenvalue weighted by molar-refractivity contribution is 6.40. The fourth-order valence-electron chi connectivity index (χ4n) is 4.44. The van der Waals surface area contributed by atoms with E-state index in [4.69, 9.17) is 14.0 Å². The molecule has 1 unspecified atom stereocenters. The molecule has 1 saturated carbocycles. The topological polar surface area (TPSA) is 108 Å². The van der Waals surface area contributed by atoms with E-state index in [9.17, 15) is 14.4 Å². The minimum Gasteiger partial charge on any atom is -0.459 e. The number of carbonyl (C=O) groups excluding carboxylic acids is 2. The monoisotopic (exact) mass is 460 g/mol. The Bertz CT molecular complexity index is 1320. The molecule has 0 bridgehead atoms. The van der Waals surface area contributed by atoms with Crippen LogP contribution in [0.15, 0.2) is 69.9 Å². The van der Waals surface area contributed by atoms with Gasteiger partial charge in [-0.1, -0.05) is 35.5 Å². The highest BCUT2D eigenvalue weighted by atomic mass is 16.7. The van der Waals surface area contributed by atoms with Crippen LogP contribution in [0.25, 0.3) is 10.8 Å². The van der Waals surface area contributed by atoms with Gasteiger partial charge in [-0.2, -0.15) is 0 Å².